The molecule has 316 valence electrons. The number of hydrogen-bond acceptors (Lipinski definition) is 1. The quantitative estimate of drug-likeness (QED) is 0.125. The van der Waals surface area contributed by atoms with Gasteiger partial charge in [-0.2, -0.15) is 0 Å². The van der Waals surface area contributed by atoms with Crippen LogP contribution < -0.4 is 4.90 Å². The number of anilines is 3. The molecule has 0 radical (unpaired) electrons. The summed E-state index contributed by atoms with van der Waals surface area (Å²) in [6, 6.07) is 103. The largest absolute Gasteiger partial charge is 0.311 e. The van der Waals surface area contributed by atoms with E-state index in [1.165, 1.54) is 89.0 Å². The van der Waals surface area contributed by atoms with E-state index >= 15 is 0 Å². The third kappa shape index (κ3) is 8.75. The summed E-state index contributed by atoms with van der Waals surface area (Å²) in [5.74, 6) is 0. The minimum Gasteiger partial charge on any atom is -0.311 e. The van der Waals surface area contributed by atoms with Crippen LogP contribution in [0.15, 0.2) is 285 Å². The highest BCUT2D eigenvalue weighted by Crippen LogP contribution is 2.41. The zero-order chi connectivity index (χ0) is 44.8. The second-order valence-corrected chi connectivity index (χ2v) is 16.9. The van der Waals surface area contributed by atoms with Gasteiger partial charge >= 0.3 is 0 Å². The van der Waals surface area contributed by atoms with Crippen molar-refractivity contribution in [3.63, 3.8) is 0 Å². The summed E-state index contributed by atoms with van der Waals surface area (Å²) in [7, 11) is 0. The third-order valence-corrected chi connectivity index (χ3v) is 12.8. The van der Waals surface area contributed by atoms with Crippen LogP contribution in [0.2, 0.25) is 0 Å². The molecule has 0 amide bonds. The van der Waals surface area contributed by atoms with Crippen LogP contribution in [0.3, 0.4) is 0 Å². The van der Waals surface area contributed by atoms with E-state index in [9.17, 15) is 0 Å². The van der Waals surface area contributed by atoms with Gasteiger partial charge in [-0.1, -0.05) is 243 Å². The fourth-order valence-electron chi connectivity index (χ4n) is 9.26. The molecule has 67 heavy (non-hydrogen) atoms. The van der Waals surface area contributed by atoms with Gasteiger partial charge < -0.3 is 4.90 Å². The van der Waals surface area contributed by atoms with E-state index in [-0.39, 0.29) is 0 Å². The minimum atomic E-state index is 1.08. The first-order valence-electron chi connectivity index (χ1n) is 23.0. The van der Waals surface area contributed by atoms with Gasteiger partial charge in [-0.15, -0.1) is 0 Å². The number of rotatable bonds is 11. The summed E-state index contributed by atoms with van der Waals surface area (Å²) in [6.07, 6.45) is 0. The first-order chi connectivity index (χ1) is 33.2. The van der Waals surface area contributed by atoms with Gasteiger partial charge in [0.15, 0.2) is 0 Å². The fraction of sp³-hybridized carbons (Fsp3) is 0. The van der Waals surface area contributed by atoms with Crippen molar-refractivity contribution in [2.45, 2.75) is 0 Å². The molecule has 1 nitrogen and oxygen atoms in total. The van der Waals surface area contributed by atoms with Crippen LogP contribution in [-0.2, 0) is 0 Å². The summed E-state index contributed by atoms with van der Waals surface area (Å²) in [5.41, 5.74) is 22.5. The molecule has 0 unspecified atom stereocenters. The van der Waals surface area contributed by atoms with Crippen LogP contribution in [-0.4, -0.2) is 0 Å². The molecule has 0 aromatic heterocycles. The van der Waals surface area contributed by atoms with Crippen LogP contribution in [0.4, 0.5) is 17.1 Å². The van der Waals surface area contributed by atoms with Gasteiger partial charge in [-0.3, -0.25) is 0 Å². The smallest absolute Gasteiger partial charge is 0.0462 e. The summed E-state index contributed by atoms with van der Waals surface area (Å²) in [4.78, 5) is 2.36. The van der Waals surface area contributed by atoms with Crippen molar-refractivity contribution in [3.8, 4) is 89.0 Å². The molecule has 0 fully saturated rings. The average molecular weight is 854 g/mol. The van der Waals surface area contributed by atoms with E-state index in [0.29, 0.717) is 0 Å². The van der Waals surface area contributed by atoms with Crippen LogP contribution >= 0.6 is 0 Å². The van der Waals surface area contributed by atoms with Crippen LogP contribution in [0.5, 0.6) is 0 Å². The van der Waals surface area contributed by atoms with Crippen molar-refractivity contribution >= 4 is 17.1 Å². The van der Waals surface area contributed by atoms with Crippen molar-refractivity contribution in [2.24, 2.45) is 0 Å². The zero-order valence-corrected chi connectivity index (χ0v) is 37.1. The lowest BCUT2D eigenvalue weighted by atomic mass is 9.93. The summed E-state index contributed by atoms with van der Waals surface area (Å²) in [5, 5.41) is 0. The number of hydrogen-bond donors (Lipinski definition) is 0. The Labute approximate surface area is 394 Å². The second-order valence-electron chi connectivity index (χ2n) is 16.9. The number of benzene rings is 11. The van der Waals surface area contributed by atoms with E-state index in [4.69, 9.17) is 0 Å². The molecule has 11 aromatic rings. The van der Waals surface area contributed by atoms with Crippen molar-refractivity contribution in [2.75, 3.05) is 4.90 Å². The highest BCUT2D eigenvalue weighted by molar-refractivity contribution is 5.88. The zero-order valence-electron chi connectivity index (χ0n) is 37.1. The van der Waals surface area contributed by atoms with Crippen LogP contribution in [0.1, 0.15) is 0 Å². The van der Waals surface area contributed by atoms with Gasteiger partial charge in [-0.25, -0.2) is 0 Å². The van der Waals surface area contributed by atoms with Gasteiger partial charge in [0, 0.05) is 17.1 Å². The molecule has 0 aliphatic rings. The lowest BCUT2D eigenvalue weighted by Crippen LogP contribution is -2.09. The molecule has 11 aromatic carbocycles. The first kappa shape index (κ1) is 41.0. The summed E-state index contributed by atoms with van der Waals surface area (Å²) < 4.78 is 0. The highest BCUT2D eigenvalue weighted by atomic mass is 15.1. The molecular formula is C66H47N. The molecular weight excluding hydrogens is 807 g/mol. The maximum Gasteiger partial charge on any atom is 0.0462 e. The second kappa shape index (κ2) is 18.7. The van der Waals surface area contributed by atoms with E-state index in [0.717, 1.165) is 17.1 Å². The van der Waals surface area contributed by atoms with Gasteiger partial charge in [-0.05, 0) is 131 Å². The fourth-order valence-corrected chi connectivity index (χ4v) is 9.26. The molecule has 0 atom stereocenters. The topological polar surface area (TPSA) is 3.24 Å². The monoisotopic (exact) mass is 853 g/mol. The van der Waals surface area contributed by atoms with Gasteiger partial charge in [0.1, 0.15) is 0 Å². The normalized spacial score (nSPS) is 11.0. The van der Waals surface area contributed by atoms with Gasteiger partial charge in [0.2, 0.25) is 0 Å². The molecule has 0 spiro atoms. The maximum absolute atomic E-state index is 2.36. The maximum atomic E-state index is 2.36. The first-order valence-corrected chi connectivity index (χ1v) is 23.0. The minimum absolute atomic E-state index is 1.08. The van der Waals surface area contributed by atoms with Gasteiger partial charge in [0.05, 0.1) is 0 Å². The predicted molar refractivity (Wildman–Crippen MR) is 285 cm³/mol. The molecule has 0 aliphatic heterocycles. The molecule has 0 saturated heterocycles. The lowest BCUT2D eigenvalue weighted by molar-refractivity contribution is 1.28. The Kier molecular flexibility index (Phi) is 11.5. The van der Waals surface area contributed by atoms with E-state index in [1.807, 2.05) is 0 Å². The predicted octanol–water partition coefficient (Wildman–Crippen LogP) is 18.5. The van der Waals surface area contributed by atoms with Crippen molar-refractivity contribution < 1.29 is 0 Å². The van der Waals surface area contributed by atoms with Crippen molar-refractivity contribution in [3.05, 3.63) is 285 Å². The van der Waals surface area contributed by atoms with E-state index < -0.39 is 0 Å². The van der Waals surface area contributed by atoms with Crippen molar-refractivity contribution in [1.29, 1.82) is 0 Å². The summed E-state index contributed by atoms with van der Waals surface area (Å²) >= 11 is 0. The Morgan fingerprint density at radius 2 is 0.358 bits per heavy atom. The molecule has 0 saturated carbocycles. The Morgan fingerprint density at radius 3 is 0.687 bits per heavy atom. The molecule has 1 heteroatoms. The molecule has 11 rings (SSSR count). The SMILES string of the molecule is c1ccc(-c2ccc(-c3ccccc3-c3ccc(N(c4ccc(-c5cccc(-c6ccccc6)c5)cc4)c4ccc(-c5ccccc5-c5ccc(-c6ccccc6)cc5)cc4)cc3)cc2)cc1. The molecule has 0 aliphatic carbocycles. The summed E-state index contributed by atoms with van der Waals surface area (Å²) in [6.45, 7) is 0. The molecule has 0 bridgehead atoms. The van der Waals surface area contributed by atoms with E-state index in [2.05, 4.69) is 290 Å². The molecule has 0 heterocycles. The standard InChI is InChI=1S/C66H47N/c1-4-15-48(16-5-1)51-27-31-54(32-28-51)63-23-10-12-25-65(63)56-37-43-61(44-38-56)67(60-41-35-53(36-42-60)59-22-14-21-58(47-59)50-19-8-3-9-20-50)62-45-39-57(40-46-62)66-26-13-11-24-64(66)55-33-29-52(30-34-55)49-17-6-2-7-18-49/h1-47H. The average Bonchev–Trinajstić information content (AvgIpc) is 3.42. The lowest BCUT2D eigenvalue weighted by Gasteiger charge is -2.26. The Morgan fingerprint density at radius 1 is 0.149 bits per heavy atom. The van der Waals surface area contributed by atoms with Crippen LogP contribution in [0.25, 0.3) is 89.0 Å². The van der Waals surface area contributed by atoms with Crippen LogP contribution in [0, 0.1) is 0 Å². The Hall–Kier alpha value is -8.78. The van der Waals surface area contributed by atoms with Crippen molar-refractivity contribution in [1.82, 2.24) is 0 Å². The number of nitrogens with zero attached hydrogens (tertiary/aromatic N) is 1. The third-order valence-electron chi connectivity index (χ3n) is 12.8. The van der Waals surface area contributed by atoms with E-state index in [1.54, 1.807) is 0 Å². The van der Waals surface area contributed by atoms with Gasteiger partial charge in [0.25, 0.3) is 0 Å². The highest BCUT2D eigenvalue weighted by Gasteiger charge is 2.16. The Balaban J connectivity index is 0.933. The molecule has 0 N–H and O–H groups in total. The Bertz CT molecular complexity index is 3210.